The summed E-state index contributed by atoms with van der Waals surface area (Å²) in [6.45, 7) is -0.177. The minimum absolute atomic E-state index is 0.0442. The number of nitrogens with one attached hydrogen (secondary N) is 1. The number of anilines is 2. The Kier molecular flexibility index (Phi) is 4.82. The van der Waals surface area contributed by atoms with Crippen LogP contribution in [-0.2, 0) is 21.4 Å². The third-order valence-electron chi connectivity index (χ3n) is 4.98. The molecule has 1 aliphatic carbocycles. The SMILES string of the molecule is O=C1COc2cc(S(=O)(=O)Nc3ccccc3)c(Cl)cc2N1Cc1noc(C2CC2)n1. The highest BCUT2D eigenvalue weighted by Gasteiger charge is 2.33. The van der Waals surface area contributed by atoms with Crippen LogP contribution >= 0.6 is 11.6 Å². The number of carbonyl (C=O) groups is 1. The van der Waals surface area contributed by atoms with Gasteiger partial charge in [0, 0.05) is 17.7 Å². The fraction of sp³-hybridized carbons (Fsp3) is 0.250. The average molecular weight is 461 g/mol. The monoisotopic (exact) mass is 460 g/mol. The van der Waals surface area contributed by atoms with E-state index in [9.17, 15) is 13.2 Å². The second kappa shape index (κ2) is 7.54. The fourth-order valence-electron chi connectivity index (χ4n) is 3.27. The molecule has 160 valence electrons. The van der Waals surface area contributed by atoms with E-state index in [1.807, 2.05) is 0 Å². The molecule has 1 amide bonds. The van der Waals surface area contributed by atoms with E-state index in [2.05, 4.69) is 14.9 Å². The first-order valence-electron chi connectivity index (χ1n) is 9.58. The number of fused-ring (bicyclic) bond motifs is 1. The lowest BCUT2D eigenvalue weighted by Gasteiger charge is -2.29. The Morgan fingerprint density at radius 2 is 1.97 bits per heavy atom. The molecule has 1 aliphatic heterocycles. The molecule has 0 saturated heterocycles. The maximum Gasteiger partial charge on any atom is 0.265 e. The first kappa shape index (κ1) is 19.8. The molecule has 2 aromatic carbocycles. The lowest BCUT2D eigenvalue weighted by atomic mass is 10.2. The molecule has 11 heteroatoms. The molecule has 0 unspecified atom stereocenters. The van der Waals surface area contributed by atoms with Gasteiger partial charge >= 0.3 is 0 Å². The summed E-state index contributed by atoms with van der Waals surface area (Å²) in [5, 5.41) is 3.90. The zero-order valence-electron chi connectivity index (χ0n) is 16.1. The highest BCUT2D eigenvalue weighted by molar-refractivity contribution is 7.92. The molecule has 9 nitrogen and oxygen atoms in total. The van der Waals surface area contributed by atoms with Crippen molar-refractivity contribution in [3.8, 4) is 5.75 Å². The number of aromatic nitrogens is 2. The van der Waals surface area contributed by atoms with E-state index in [1.54, 1.807) is 30.3 Å². The largest absolute Gasteiger partial charge is 0.482 e. The number of rotatable bonds is 6. The van der Waals surface area contributed by atoms with Gasteiger partial charge in [-0.3, -0.25) is 14.4 Å². The zero-order chi connectivity index (χ0) is 21.6. The summed E-state index contributed by atoms with van der Waals surface area (Å²) >= 11 is 6.32. The van der Waals surface area contributed by atoms with Crippen LogP contribution in [0.4, 0.5) is 11.4 Å². The van der Waals surface area contributed by atoms with Crippen molar-refractivity contribution in [2.24, 2.45) is 0 Å². The molecule has 1 saturated carbocycles. The van der Waals surface area contributed by atoms with Gasteiger partial charge in [-0.1, -0.05) is 35.0 Å². The van der Waals surface area contributed by atoms with Crippen LogP contribution in [0, 0.1) is 0 Å². The number of para-hydroxylation sites is 1. The van der Waals surface area contributed by atoms with Crippen molar-refractivity contribution in [2.75, 3.05) is 16.2 Å². The van der Waals surface area contributed by atoms with E-state index in [0.29, 0.717) is 29.0 Å². The summed E-state index contributed by atoms with van der Waals surface area (Å²) in [5.74, 6) is 1.14. The van der Waals surface area contributed by atoms with Crippen molar-refractivity contribution in [2.45, 2.75) is 30.2 Å². The van der Waals surface area contributed by atoms with Gasteiger partial charge in [0.15, 0.2) is 12.4 Å². The molecule has 1 N–H and O–H groups in total. The van der Waals surface area contributed by atoms with Crippen LogP contribution in [0.3, 0.4) is 0 Å². The number of hydrogen-bond donors (Lipinski definition) is 1. The van der Waals surface area contributed by atoms with E-state index in [-0.39, 0.29) is 34.7 Å². The quantitative estimate of drug-likeness (QED) is 0.599. The smallest absolute Gasteiger partial charge is 0.265 e. The lowest BCUT2D eigenvalue weighted by Crippen LogP contribution is -2.38. The standard InChI is InChI=1S/C20H17ClN4O5S/c21-14-8-15-16(9-17(14)31(27,28)24-13-4-2-1-3-5-13)29-11-19(26)25(15)10-18-22-20(30-23-18)12-6-7-12/h1-5,8-9,12,24H,6-7,10-11H2. The molecule has 0 spiro atoms. The number of ether oxygens (including phenoxy) is 1. The minimum atomic E-state index is -3.97. The van der Waals surface area contributed by atoms with Crippen molar-refractivity contribution in [3.05, 3.63) is 59.2 Å². The molecule has 5 rings (SSSR count). The zero-order valence-corrected chi connectivity index (χ0v) is 17.7. The van der Waals surface area contributed by atoms with Gasteiger partial charge in [0.05, 0.1) is 17.3 Å². The average Bonchev–Trinajstić information content (AvgIpc) is 3.49. The van der Waals surface area contributed by atoms with Crippen LogP contribution < -0.4 is 14.4 Å². The van der Waals surface area contributed by atoms with E-state index in [4.69, 9.17) is 20.9 Å². The minimum Gasteiger partial charge on any atom is -0.482 e. The van der Waals surface area contributed by atoms with Crippen LogP contribution in [-0.4, -0.2) is 31.1 Å². The van der Waals surface area contributed by atoms with E-state index in [0.717, 1.165) is 12.8 Å². The number of carbonyl (C=O) groups excluding carboxylic acids is 1. The van der Waals surface area contributed by atoms with E-state index < -0.39 is 10.0 Å². The number of nitrogens with zero attached hydrogens (tertiary/aromatic N) is 3. The van der Waals surface area contributed by atoms with Crippen molar-refractivity contribution >= 4 is 38.9 Å². The predicted octanol–water partition coefficient (Wildman–Crippen LogP) is 3.33. The maximum atomic E-state index is 12.9. The third-order valence-corrected chi connectivity index (χ3v) is 6.83. The fourth-order valence-corrected chi connectivity index (χ4v) is 4.86. The number of amides is 1. The normalized spacial score (nSPS) is 16.0. The van der Waals surface area contributed by atoms with Gasteiger partial charge in [-0.05, 0) is 31.0 Å². The van der Waals surface area contributed by atoms with Crippen molar-refractivity contribution < 1.29 is 22.5 Å². The second-order valence-corrected chi connectivity index (χ2v) is 9.37. The Balaban J connectivity index is 1.45. The summed E-state index contributed by atoms with van der Waals surface area (Å²) in [4.78, 5) is 18.1. The van der Waals surface area contributed by atoms with Crippen molar-refractivity contribution in [3.63, 3.8) is 0 Å². The lowest BCUT2D eigenvalue weighted by molar-refractivity contribution is -0.121. The summed E-state index contributed by atoms with van der Waals surface area (Å²) in [6, 6.07) is 11.2. The molecule has 2 heterocycles. The maximum absolute atomic E-state index is 12.9. The Morgan fingerprint density at radius 1 is 1.19 bits per heavy atom. The molecular formula is C20H17ClN4O5S. The van der Waals surface area contributed by atoms with Gasteiger partial charge < -0.3 is 9.26 Å². The molecule has 1 fully saturated rings. The molecule has 3 aromatic rings. The Morgan fingerprint density at radius 3 is 2.71 bits per heavy atom. The topological polar surface area (TPSA) is 115 Å². The molecule has 0 bridgehead atoms. The Hall–Kier alpha value is -3.11. The molecule has 0 atom stereocenters. The number of benzene rings is 2. The molecule has 1 aromatic heterocycles. The summed E-state index contributed by atoms with van der Waals surface area (Å²) in [6.07, 6.45) is 2.04. The van der Waals surface area contributed by atoms with Crippen molar-refractivity contribution in [1.29, 1.82) is 0 Å². The third kappa shape index (κ3) is 3.96. The van der Waals surface area contributed by atoms with Crippen LogP contribution in [0.2, 0.25) is 5.02 Å². The van der Waals surface area contributed by atoms with Gasteiger partial charge in [0.25, 0.3) is 15.9 Å². The number of sulfonamides is 1. The van der Waals surface area contributed by atoms with Gasteiger partial charge in [-0.2, -0.15) is 4.98 Å². The van der Waals surface area contributed by atoms with Crippen LogP contribution in [0.15, 0.2) is 51.9 Å². The Bertz CT molecular complexity index is 1260. The highest BCUT2D eigenvalue weighted by atomic mass is 35.5. The molecule has 2 aliphatic rings. The molecule has 0 radical (unpaired) electrons. The number of hydrogen-bond acceptors (Lipinski definition) is 7. The van der Waals surface area contributed by atoms with Gasteiger partial charge in [-0.15, -0.1) is 0 Å². The molecular weight excluding hydrogens is 444 g/mol. The summed E-state index contributed by atoms with van der Waals surface area (Å²) in [5.41, 5.74) is 0.746. The summed E-state index contributed by atoms with van der Waals surface area (Å²) < 4.78 is 38.9. The van der Waals surface area contributed by atoms with Gasteiger partial charge in [0.2, 0.25) is 5.89 Å². The first-order chi connectivity index (χ1) is 14.9. The van der Waals surface area contributed by atoms with Crippen LogP contribution in [0.25, 0.3) is 0 Å². The van der Waals surface area contributed by atoms with Crippen LogP contribution in [0.1, 0.15) is 30.5 Å². The van der Waals surface area contributed by atoms with E-state index in [1.165, 1.54) is 17.0 Å². The van der Waals surface area contributed by atoms with E-state index >= 15 is 0 Å². The second-order valence-electron chi connectivity index (χ2n) is 7.31. The summed E-state index contributed by atoms with van der Waals surface area (Å²) in [7, 11) is -3.97. The first-order valence-corrected chi connectivity index (χ1v) is 11.4. The predicted molar refractivity (Wildman–Crippen MR) is 112 cm³/mol. The molecule has 31 heavy (non-hydrogen) atoms. The number of halogens is 1. The Labute approximate surface area is 183 Å². The van der Waals surface area contributed by atoms with Crippen molar-refractivity contribution in [1.82, 2.24) is 10.1 Å². The van der Waals surface area contributed by atoms with Crippen LogP contribution in [0.5, 0.6) is 5.75 Å². The van der Waals surface area contributed by atoms with Gasteiger partial charge in [-0.25, -0.2) is 8.42 Å². The highest BCUT2D eigenvalue weighted by Crippen LogP contribution is 2.41. The van der Waals surface area contributed by atoms with Gasteiger partial charge in [0.1, 0.15) is 10.6 Å².